The predicted molar refractivity (Wildman–Crippen MR) is 104 cm³/mol. The van der Waals surface area contributed by atoms with Crippen molar-refractivity contribution in [2.45, 2.75) is 13.3 Å². The molecule has 3 aromatic rings. The maximum atomic E-state index is 12.2. The van der Waals surface area contributed by atoms with Gasteiger partial charge in [-0.25, -0.2) is 4.98 Å². The Bertz CT molecular complexity index is 894. The predicted octanol–water partition coefficient (Wildman–Crippen LogP) is 5.72. The van der Waals surface area contributed by atoms with Gasteiger partial charge in [-0.1, -0.05) is 51.3 Å². The summed E-state index contributed by atoms with van der Waals surface area (Å²) in [5.74, 6) is -0.139. The third kappa shape index (κ3) is 4.23. The summed E-state index contributed by atoms with van der Waals surface area (Å²) in [5, 5.41) is 6.15. The lowest BCUT2D eigenvalue weighted by Crippen LogP contribution is -2.14. The number of thiazole rings is 1. The number of aromatic nitrogens is 1. The van der Waals surface area contributed by atoms with Gasteiger partial charge in [-0.3, -0.25) is 4.79 Å². The standard InChI is InChI=1S/C18H14BrClN2OS/c1-11-3-2-4-12(7-11)18-21-14(10-24-18)9-17(23)22-16-6-5-13(19)8-15(16)20/h2-8,10H,9H2,1H3,(H,22,23). The van der Waals surface area contributed by atoms with Gasteiger partial charge in [0.2, 0.25) is 5.91 Å². The topological polar surface area (TPSA) is 42.0 Å². The van der Waals surface area contributed by atoms with E-state index in [1.165, 1.54) is 5.56 Å². The summed E-state index contributed by atoms with van der Waals surface area (Å²) in [4.78, 5) is 16.8. The van der Waals surface area contributed by atoms with Crippen LogP contribution in [-0.4, -0.2) is 10.9 Å². The van der Waals surface area contributed by atoms with Crippen LogP contribution >= 0.6 is 38.9 Å². The SMILES string of the molecule is Cc1cccc(-c2nc(CC(=O)Nc3ccc(Br)cc3Cl)cs2)c1. The highest BCUT2D eigenvalue weighted by Gasteiger charge is 2.11. The lowest BCUT2D eigenvalue weighted by atomic mass is 10.1. The van der Waals surface area contributed by atoms with E-state index in [0.29, 0.717) is 10.7 Å². The summed E-state index contributed by atoms with van der Waals surface area (Å²) < 4.78 is 0.868. The lowest BCUT2D eigenvalue weighted by Gasteiger charge is -2.06. The van der Waals surface area contributed by atoms with Crippen LogP contribution in [0.5, 0.6) is 0 Å². The number of halogens is 2. The first kappa shape index (κ1) is 17.1. The van der Waals surface area contributed by atoms with E-state index in [2.05, 4.69) is 32.3 Å². The van der Waals surface area contributed by atoms with Crippen molar-refractivity contribution in [1.82, 2.24) is 4.98 Å². The molecule has 0 fully saturated rings. The fourth-order valence-electron chi connectivity index (χ4n) is 2.25. The minimum absolute atomic E-state index is 0.139. The van der Waals surface area contributed by atoms with Crippen molar-refractivity contribution in [1.29, 1.82) is 0 Å². The van der Waals surface area contributed by atoms with E-state index in [0.717, 1.165) is 20.7 Å². The monoisotopic (exact) mass is 420 g/mol. The van der Waals surface area contributed by atoms with Gasteiger partial charge in [0.1, 0.15) is 5.01 Å². The van der Waals surface area contributed by atoms with Crippen molar-refractivity contribution in [3.63, 3.8) is 0 Å². The second kappa shape index (κ2) is 7.47. The first-order valence-electron chi connectivity index (χ1n) is 7.27. The molecule has 1 aromatic heterocycles. The minimum Gasteiger partial charge on any atom is -0.324 e. The zero-order valence-electron chi connectivity index (χ0n) is 12.8. The molecule has 0 saturated heterocycles. The first-order valence-corrected chi connectivity index (χ1v) is 9.32. The third-order valence-electron chi connectivity index (χ3n) is 3.36. The maximum Gasteiger partial charge on any atom is 0.230 e. The molecule has 0 bridgehead atoms. The second-order valence-corrected chi connectivity index (χ2v) is 7.54. The molecule has 0 atom stereocenters. The third-order valence-corrected chi connectivity index (χ3v) is 5.11. The van der Waals surface area contributed by atoms with Gasteiger partial charge in [0.25, 0.3) is 0 Å². The Hall–Kier alpha value is -1.69. The molecule has 1 amide bonds. The molecule has 0 saturated carbocycles. The molecule has 3 rings (SSSR count). The molecule has 0 aliphatic rings. The van der Waals surface area contributed by atoms with Crippen molar-refractivity contribution < 1.29 is 4.79 Å². The number of aryl methyl sites for hydroxylation is 1. The van der Waals surface area contributed by atoms with E-state index in [1.807, 2.05) is 36.6 Å². The number of hydrogen-bond donors (Lipinski definition) is 1. The van der Waals surface area contributed by atoms with Crippen molar-refractivity contribution in [3.05, 3.63) is 68.6 Å². The molecular weight excluding hydrogens is 408 g/mol. The minimum atomic E-state index is -0.139. The van der Waals surface area contributed by atoms with Gasteiger partial charge in [0.15, 0.2) is 0 Å². The van der Waals surface area contributed by atoms with E-state index < -0.39 is 0 Å². The summed E-state index contributed by atoms with van der Waals surface area (Å²) in [6, 6.07) is 13.5. The van der Waals surface area contributed by atoms with Crippen LogP contribution in [0.25, 0.3) is 10.6 Å². The average Bonchev–Trinajstić information content (AvgIpc) is 2.98. The summed E-state index contributed by atoms with van der Waals surface area (Å²) in [6.07, 6.45) is 0.217. The van der Waals surface area contributed by atoms with Crippen LogP contribution in [0.2, 0.25) is 5.02 Å². The summed E-state index contributed by atoms with van der Waals surface area (Å²) in [5.41, 5.74) is 3.61. The molecule has 0 spiro atoms. The molecule has 0 radical (unpaired) electrons. The van der Waals surface area contributed by atoms with Gasteiger partial charge in [0.05, 0.1) is 22.8 Å². The molecule has 122 valence electrons. The number of amides is 1. The quantitative estimate of drug-likeness (QED) is 0.586. The Labute approximate surface area is 157 Å². The van der Waals surface area contributed by atoms with Gasteiger partial charge in [-0.2, -0.15) is 0 Å². The molecule has 1 heterocycles. The normalized spacial score (nSPS) is 10.6. The number of benzene rings is 2. The van der Waals surface area contributed by atoms with Crippen LogP contribution in [0.1, 0.15) is 11.3 Å². The number of carbonyl (C=O) groups is 1. The van der Waals surface area contributed by atoms with Crippen LogP contribution in [-0.2, 0) is 11.2 Å². The summed E-state index contributed by atoms with van der Waals surface area (Å²) in [7, 11) is 0. The van der Waals surface area contributed by atoms with Gasteiger partial charge >= 0.3 is 0 Å². The van der Waals surface area contributed by atoms with E-state index in [1.54, 1.807) is 23.5 Å². The maximum absolute atomic E-state index is 12.2. The number of hydrogen-bond acceptors (Lipinski definition) is 3. The first-order chi connectivity index (χ1) is 11.5. The Morgan fingerprint density at radius 1 is 1.29 bits per heavy atom. The van der Waals surface area contributed by atoms with Crippen LogP contribution in [0.15, 0.2) is 52.3 Å². The molecule has 0 aliphatic heterocycles. The number of carbonyl (C=O) groups excluding carboxylic acids is 1. The Kier molecular flexibility index (Phi) is 5.33. The van der Waals surface area contributed by atoms with Gasteiger partial charge in [-0.05, 0) is 31.2 Å². The lowest BCUT2D eigenvalue weighted by molar-refractivity contribution is -0.115. The zero-order chi connectivity index (χ0) is 17.1. The number of rotatable bonds is 4. The molecular formula is C18H14BrClN2OS. The Balaban J connectivity index is 1.69. The number of nitrogens with one attached hydrogen (secondary N) is 1. The van der Waals surface area contributed by atoms with E-state index >= 15 is 0 Å². The van der Waals surface area contributed by atoms with Gasteiger partial charge in [0, 0.05) is 15.4 Å². The number of nitrogens with zero attached hydrogens (tertiary/aromatic N) is 1. The van der Waals surface area contributed by atoms with Crippen LogP contribution in [0, 0.1) is 6.92 Å². The van der Waals surface area contributed by atoms with Crippen molar-refractivity contribution in [2.24, 2.45) is 0 Å². The average molecular weight is 422 g/mol. The van der Waals surface area contributed by atoms with Crippen LogP contribution in [0.4, 0.5) is 5.69 Å². The molecule has 2 aromatic carbocycles. The van der Waals surface area contributed by atoms with E-state index in [-0.39, 0.29) is 12.3 Å². The zero-order valence-corrected chi connectivity index (χ0v) is 16.0. The van der Waals surface area contributed by atoms with Crippen molar-refractivity contribution >= 4 is 50.5 Å². The van der Waals surface area contributed by atoms with E-state index in [4.69, 9.17) is 11.6 Å². The van der Waals surface area contributed by atoms with Gasteiger partial charge in [-0.15, -0.1) is 11.3 Å². The van der Waals surface area contributed by atoms with Gasteiger partial charge < -0.3 is 5.32 Å². The summed E-state index contributed by atoms with van der Waals surface area (Å²) >= 11 is 11.0. The molecule has 6 heteroatoms. The van der Waals surface area contributed by atoms with Crippen LogP contribution < -0.4 is 5.32 Å². The van der Waals surface area contributed by atoms with Crippen molar-refractivity contribution in [2.75, 3.05) is 5.32 Å². The number of anilines is 1. The largest absolute Gasteiger partial charge is 0.324 e. The fraction of sp³-hybridized carbons (Fsp3) is 0.111. The second-order valence-electron chi connectivity index (χ2n) is 5.36. The highest BCUT2D eigenvalue weighted by Crippen LogP contribution is 2.27. The molecule has 3 nitrogen and oxygen atoms in total. The highest BCUT2D eigenvalue weighted by molar-refractivity contribution is 9.10. The van der Waals surface area contributed by atoms with Crippen LogP contribution in [0.3, 0.4) is 0 Å². The molecule has 0 aliphatic carbocycles. The molecule has 0 unspecified atom stereocenters. The highest BCUT2D eigenvalue weighted by atomic mass is 79.9. The molecule has 24 heavy (non-hydrogen) atoms. The molecule has 1 N–H and O–H groups in total. The Morgan fingerprint density at radius 3 is 2.88 bits per heavy atom. The smallest absolute Gasteiger partial charge is 0.230 e. The van der Waals surface area contributed by atoms with Crippen molar-refractivity contribution in [3.8, 4) is 10.6 Å². The fourth-order valence-corrected chi connectivity index (χ4v) is 3.79. The summed E-state index contributed by atoms with van der Waals surface area (Å²) in [6.45, 7) is 2.05. The van der Waals surface area contributed by atoms with E-state index in [9.17, 15) is 4.79 Å². The Morgan fingerprint density at radius 2 is 2.12 bits per heavy atom.